The SMILES string of the molecule is CNC(=O)CCc1ccc(CC2CCN(C(=O)c3ccoc3)CC2)cc1. The molecule has 5 nitrogen and oxygen atoms in total. The zero-order valence-corrected chi connectivity index (χ0v) is 15.2. The second-order valence-electron chi connectivity index (χ2n) is 6.94. The van der Waals surface area contributed by atoms with Crippen molar-refractivity contribution in [2.75, 3.05) is 20.1 Å². The van der Waals surface area contributed by atoms with Gasteiger partial charge in [0.2, 0.25) is 5.91 Å². The highest BCUT2D eigenvalue weighted by atomic mass is 16.3. The number of hydrogen-bond acceptors (Lipinski definition) is 3. The summed E-state index contributed by atoms with van der Waals surface area (Å²) in [5.74, 6) is 0.753. The van der Waals surface area contributed by atoms with Crippen molar-refractivity contribution in [3.05, 3.63) is 59.5 Å². The molecule has 1 aliphatic rings. The first kappa shape index (κ1) is 18.2. The van der Waals surface area contributed by atoms with Crippen LogP contribution in [-0.2, 0) is 17.6 Å². The highest BCUT2D eigenvalue weighted by Gasteiger charge is 2.24. The molecule has 5 heteroatoms. The molecule has 0 unspecified atom stereocenters. The van der Waals surface area contributed by atoms with Crippen LogP contribution < -0.4 is 5.32 Å². The lowest BCUT2D eigenvalue weighted by Gasteiger charge is -2.31. The van der Waals surface area contributed by atoms with Crippen molar-refractivity contribution < 1.29 is 14.0 Å². The molecular weight excluding hydrogens is 328 g/mol. The van der Waals surface area contributed by atoms with E-state index in [1.807, 2.05) is 4.90 Å². The first-order valence-electron chi connectivity index (χ1n) is 9.25. The van der Waals surface area contributed by atoms with Gasteiger partial charge in [0.1, 0.15) is 6.26 Å². The van der Waals surface area contributed by atoms with Gasteiger partial charge >= 0.3 is 0 Å². The number of aryl methyl sites for hydroxylation is 1. The summed E-state index contributed by atoms with van der Waals surface area (Å²) in [5.41, 5.74) is 3.15. The van der Waals surface area contributed by atoms with E-state index in [1.54, 1.807) is 13.1 Å². The highest BCUT2D eigenvalue weighted by Crippen LogP contribution is 2.23. The van der Waals surface area contributed by atoms with Gasteiger partial charge in [0, 0.05) is 26.6 Å². The molecule has 0 bridgehead atoms. The number of likely N-dealkylation sites (tertiary alicyclic amines) is 1. The molecule has 2 aromatic rings. The van der Waals surface area contributed by atoms with Crippen molar-refractivity contribution >= 4 is 11.8 Å². The number of benzene rings is 1. The van der Waals surface area contributed by atoms with E-state index in [9.17, 15) is 9.59 Å². The fourth-order valence-corrected chi connectivity index (χ4v) is 3.47. The van der Waals surface area contributed by atoms with Crippen molar-refractivity contribution in [1.82, 2.24) is 10.2 Å². The summed E-state index contributed by atoms with van der Waals surface area (Å²) in [7, 11) is 1.67. The monoisotopic (exact) mass is 354 g/mol. The van der Waals surface area contributed by atoms with Crippen LogP contribution in [0.15, 0.2) is 47.3 Å². The van der Waals surface area contributed by atoms with Gasteiger partial charge in [-0.05, 0) is 48.8 Å². The molecule has 0 saturated carbocycles. The highest BCUT2D eigenvalue weighted by molar-refractivity contribution is 5.93. The Bertz CT molecular complexity index is 714. The Kier molecular flexibility index (Phi) is 6.10. The Morgan fingerprint density at radius 1 is 1.12 bits per heavy atom. The molecule has 0 atom stereocenters. The number of rotatable bonds is 6. The van der Waals surface area contributed by atoms with E-state index < -0.39 is 0 Å². The standard InChI is InChI=1S/C21H26N2O3/c1-22-20(24)7-6-16-2-4-17(5-3-16)14-18-8-11-23(12-9-18)21(25)19-10-13-26-15-19/h2-5,10,13,15,18H,6-9,11-12,14H2,1H3,(H,22,24). The summed E-state index contributed by atoms with van der Waals surface area (Å²) < 4.78 is 5.00. The molecule has 0 spiro atoms. The predicted octanol–water partition coefficient (Wildman–Crippen LogP) is 3.05. The molecule has 1 fully saturated rings. The van der Waals surface area contributed by atoms with Gasteiger partial charge in [-0.3, -0.25) is 9.59 Å². The third-order valence-electron chi connectivity index (χ3n) is 5.14. The van der Waals surface area contributed by atoms with Crippen LogP contribution in [-0.4, -0.2) is 36.9 Å². The number of nitrogens with one attached hydrogen (secondary N) is 1. The molecule has 2 amide bonds. The van der Waals surface area contributed by atoms with Gasteiger partial charge in [0.15, 0.2) is 0 Å². The molecule has 1 aliphatic heterocycles. The van der Waals surface area contributed by atoms with Crippen LogP contribution in [0.2, 0.25) is 0 Å². The lowest BCUT2D eigenvalue weighted by atomic mass is 9.89. The number of nitrogens with zero attached hydrogens (tertiary/aromatic N) is 1. The summed E-state index contributed by atoms with van der Waals surface area (Å²) >= 11 is 0. The average Bonchev–Trinajstić information content (AvgIpc) is 3.22. The molecule has 26 heavy (non-hydrogen) atoms. The minimum atomic E-state index is 0.0673. The molecule has 1 aromatic carbocycles. The number of piperidine rings is 1. The summed E-state index contributed by atoms with van der Waals surface area (Å²) in [6, 6.07) is 10.3. The molecule has 0 aliphatic carbocycles. The van der Waals surface area contributed by atoms with Crippen LogP contribution in [0, 0.1) is 5.92 Å². The average molecular weight is 354 g/mol. The van der Waals surface area contributed by atoms with Gasteiger partial charge in [-0.1, -0.05) is 24.3 Å². The van der Waals surface area contributed by atoms with Gasteiger partial charge in [-0.2, -0.15) is 0 Å². The Morgan fingerprint density at radius 2 is 1.81 bits per heavy atom. The van der Waals surface area contributed by atoms with Crippen LogP contribution in [0.1, 0.15) is 40.7 Å². The van der Waals surface area contributed by atoms with Crippen LogP contribution in [0.5, 0.6) is 0 Å². The minimum absolute atomic E-state index is 0.0673. The van der Waals surface area contributed by atoms with Gasteiger partial charge in [-0.15, -0.1) is 0 Å². The van der Waals surface area contributed by atoms with Crippen molar-refractivity contribution in [2.24, 2.45) is 5.92 Å². The first-order valence-corrected chi connectivity index (χ1v) is 9.25. The fourth-order valence-electron chi connectivity index (χ4n) is 3.47. The van der Waals surface area contributed by atoms with E-state index in [0.29, 0.717) is 17.9 Å². The van der Waals surface area contributed by atoms with Gasteiger partial charge in [-0.25, -0.2) is 0 Å². The Labute approximate surface area is 154 Å². The molecule has 1 aromatic heterocycles. The van der Waals surface area contributed by atoms with Crippen molar-refractivity contribution in [3.8, 4) is 0 Å². The van der Waals surface area contributed by atoms with Gasteiger partial charge in [0.25, 0.3) is 5.91 Å². The second kappa shape index (κ2) is 8.70. The third-order valence-corrected chi connectivity index (χ3v) is 5.14. The maximum Gasteiger partial charge on any atom is 0.257 e. The molecule has 1 N–H and O–H groups in total. The smallest absolute Gasteiger partial charge is 0.257 e. The quantitative estimate of drug-likeness (QED) is 0.867. The first-order chi connectivity index (χ1) is 12.7. The summed E-state index contributed by atoms with van der Waals surface area (Å²) in [6.45, 7) is 1.61. The molecule has 0 radical (unpaired) electrons. The van der Waals surface area contributed by atoms with Gasteiger partial charge < -0.3 is 14.6 Å². The second-order valence-corrected chi connectivity index (χ2v) is 6.94. The van der Waals surface area contributed by atoms with Crippen LogP contribution in [0.3, 0.4) is 0 Å². The van der Waals surface area contributed by atoms with Crippen molar-refractivity contribution in [1.29, 1.82) is 0 Å². The zero-order valence-electron chi connectivity index (χ0n) is 15.2. The van der Waals surface area contributed by atoms with E-state index in [4.69, 9.17) is 4.42 Å². The van der Waals surface area contributed by atoms with Crippen LogP contribution in [0.4, 0.5) is 0 Å². The van der Waals surface area contributed by atoms with Crippen molar-refractivity contribution in [2.45, 2.75) is 32.1 Å². The van der Waals surface area contributed by atoms with E-state index >= 15 is 0 Å². The molecular formula is C21H26N2O3. The topological polar surface area (TPSA) is 62.6 Å². The molecule has 138 valence electrons. The maximum atomic E-state index is 12.3. The summed E-state index contributed by atoms with van der Waals surface area (Å²) in [4.78, 5) is 25.6. The zero-order chi connectivity index (χ0) is 18.4. The van der Waals surface area contributed by atoms with Gasteiger partial charge in [0.05, 0.1) is 11.8 Å². The number of hydrogen-bond donors (Lipinski definition) is 1. The van der Waals surface area contributed by atoms with E-state index in [-0.39, 0.29) is 11.8 Å². The summed E-state index contributed by atoms with van der Waals surface area (Å²) in [5, 5.41) is 2.65. The maximum absolute atomic E-state index is 12.3. The van der Waals surface area contributed by atoms with E-state index in [1.165, 1.54) is 23.7 Å². The third kappa shape index (κ3) is 4.75. The lowest BCUT2D eigenvalue weighted by Crippen LogP contribution is -2.38. The largest absolute Gasteiger partial charge is 0.472 e. The number of amides is 2. The Balaban J connectivity index is 1.45. The molecule has 3 rings (SSSR count). The number of furan rings is 1. The Morgan fingerprint density at radius 3 is 2.42 bits per heavy atom. The van der Waals surface area contributed by atoms with Crippen LogP contribution >= 0.6 is 0 Å². The van der Waals surface area contributed by atoms with Crippen molar-refractivity contribution in [3.63, 3.8) is 0 Å². The van der Waals surface area contributed by atoms with E-state index in [2.05, 4.69) is 29.6 Å². The van der Waals surface area contributed by atoms with Crippen LogP contribution in [0.25, 0.3) is 0 Å². The number of carbonyl (C=O) groups excluding carboxylic acids is 2. The Hall–Kier alpha value is -2.56. The predicted molar refractivity (Wildman–Crippen MR) is 99.9 cm³/mol. The minimum Gasteiger partial charge on any atom is -0.472 e. The normalized spacial score (nSPS) is 15.0. The number of carbonyl (C=O) groups is 2. The molecule has 1 saturated heterocycles. The van der Waals surface area contributed by atoms with E-state index in [0.717, 1.165) is 38.8 Å². The fraction of sp³-hybridized carbons (Fsp3) is 0.429. The summed E-state index contributed by atoms with van der Waals surface area (Å²) in [6.07, 6.45) is 7.46. The lowest BCUT2D eigenvalue weighted by molar-refractivity contribution is -0.120. The molecule has 2 heterocycles.